The average Bonchev–Trinajstić information content (AvgIpc) is 3.21. The Morgan fingerprint density at radius 1 is 1.30 bits per heavy atom. The number of carbonyl (C=O) groups is 1. The lowest BCUT2D eigenvalue weighted by atomic mass is 9.91. The highest BCUT2D eigenvalue weighted by Crippen LogP contribution is 2.41. The van der Waals surface area contributed by atoms with Crippen molar-refractivity contribution >= 4 is 44.8 Å². The van der Waals surface area contributed by atoms with Crippen molar-refractivity contribution in [3.8, 4) is 17.2 Å². The highest BCUT2D eigenvalue weighted by Gasteiger charge is 2.31. The summed E-state index contributed by atoms with van der Waals surface area (Å²) >= 11 is 6.94. The minimum absolute atomic E-state index is 0.00504. The Bertz CT molecular complexity index is 1330. The SMILES string of the molecule is Cc1cc(C)c(-c2csc(C(N)=O)c2S(=O)(=O)Nc2onc(C)c2Cl)c(C)c1C#N. The lowest BCUT2D eigenvalue weighted by Crippen LogP contribution is -2.19. The van der Waals surface area contributed by atoms with Crippen LogP contribution < -0.4 is 10.5 Å². The molecule has 30 heavy (non-hydrogen) atoms. The van der Waals surface area contributed by atoms with E-state index in [1.54, 1.807) is 33.8 Å². The zero-order valence-electron chi connectivity index (χ0n) is 16.5. The Morgan fingerprint density at radius 3 is 2.50 bits per heavy atom. The number of anilines is 1. The lowest BCUT2D eigenvalue weighted by molar-refractivity contribution is 0.100. The summed E-state index contributed by atoms with van der Waals surface area (Å²) in [5.74, 6) is -1.16. The van der Waals surface area contributed by atoms with Crippen LogP contribution in [0.15, 0.2) is 20.9 Å². The fraction of sp³-hybridized carbons (Fsp3) is 0.211. The molecule has 0 aliphatic heterocycles. The minimum Gasteiger partial charge on any atom is -0.365 e. The number of hydrogen-bond donors (Lipinski definition) is 2. The maximum absolute atomic E-state index is 13.3. The molecule has 1 amide bonds. The fourth-order valence-corrected chi connectivity index (χ4v) is 6.13. The van der Waals surface area contributed by atoms with E-state index in [-0.39, 0.29) is 26.2 Å². The van der Waals surface area contributed by atoms with Crippen LogP contribution in [0.25, 0.3) is 11.1 Å². The van der Waals surface area contributed by atoms with Gasteiger partial charge in [-0.25, -0.2) is 13.1 Å². The van der Waals surface area contributed by atoms with Gasteiger partial charge in [0, 0.05) is 10.9 Å². The lowest BCUT2D eigenvalue weighted by Gasteiger charge is -2.15. The highest BCUT2D eigenvalue weighted by atomic mass is 35.5. The molecule has 0 aliphatic carbocycles. The van der Waals surface area contributed by atoms with Crippen LogP contribution >= 0.6 is 22.9 Å². The smallest absolute Gasteiger partial charge is 0.266 e. The normalized spacial score (nSPS) is 11.3. The molecular formula is C19H17ClN4O4S2. The number of amides is 1. The number of hydrogen-bond acceptors (Lipinski definition) is 7. The molecule has 0 fully saturated rings. The fourth-order valence-electron chi connectivity index (χ4n) is 3.32. The number of thiophene rings is 1. The van der Waals surface area contributed by atoms with Crippen LogP contribution in [0, 0.1) is 39.0 Å². The van der Waals surface area contributed by atoms with Gasteiger partial charge in [0.15, 0.2) is 0 Å². The second kappa shape index (κ2) is 7.75. The van der Waals surface area contributed by atoms with Gasteiger partial charge in [-0.1, -0.05) is 22.8 Å². The number of primary amides is 1. The molecule has 11 heteroatoms. The van der Waals surface area contributed by atoms with Crippen LogP contribution in [-0.4, -0.2) is 19.5 Å². The van der Waals surface area contributed by atoms with Gasteiger partial charge in [-0.2, -0.15) is 5.26 Å². The van der Waals surface area contributed by atoms with Gasteiger partial charge in [-0.3, -0.25) is 4.79 Å². The van der Waals surface area contributed by atoms with Crippen LogP contribution in [0.4, 0.5) is 5.88 Å². The zero-order chi connectivity index (χ0) is 22.4. The first-order valence-electron chi connectivity index (χ1n) is 8.56. The predicted molar refractivity (Wildman–Crippen MR) is 114 cm³/mol. The van der Waals surface area contributed by atoms with Crippen LogP contribution in [0.2, 0.25) is 5.02 Å². The second-order valence-corrected chi connectivity index (χ2v) is 9.56. The Balaban J connectivity index is 2.30. The van der Waals surface area contributed by atoms with E-state index in [0.717, 1.165) is 22.5 Å². The Morgan fingerprint density at radius 2 is 1.97 bits per heavy atom. The number of carbonyl (C=O) groups excluding carboxylic acids is 1. The van der Waals surface area contributed by atoms with Crippen LogP contribution in [-0.2, 0) is 10.0 Å². The molecule has 156 valence electrons. The van der Waals surface area contributed by atoms with Crippen LogP contribution in [0.5, 0.6) is 0 Å². The van der Waals surface area contributed by atoms with Gasteiger partial charge in [-0.15, -0.1) is 11.3 Å². The number of aromatic nitrogens is 1. The van der Waals surface area contributed by atoms with Crippen molar-refractivity contribution in [2.45, 2.75) is 32.6 Å². The molecule has 0 spiro atoms. The minimum atomic E-state index is -4.34. The molecule has 3 N–H and O–H groups in total. The molecule has 2 aromatic heterocycles. The molecule has 0 saturated heterocycles. The van der Waals surface area contributed by atoms with Gasteiger partial charge in [0.05, 0.1) is 11.6 Å². The van der Waals surface area contributed by atoms with E-state index in [1.165, 1.54) is 5.38 Å². The van der Waals surface area contributed by atoms with Gasteiger partial charge in [0.2, 0.25) is 0 Å². The van der Waals surface area contributed by atoms with Crippen molar-refractivity contribution in [2.24, 2.45) is 5.73 Å². The molecular weight excluding hydrogens is 448 g/mol. The quantitative estimate of drug-likeness (QED) is 0.583. The molecule has 0 atom stereocenters. The first-order chi connectivity index (χ1) is 14.0. The Hall–Kier alpha value is -2.87. The number of rotatable bonds is 5. The van der Waals surface area contributed by atoms with Crippen molar-refractivity contribution < 1.29 is 17.7 Å². The molecule has 8 nitrogen and oxygen atoms in total. The largest absolute Gasteiger partial charge is 0.365 e. The number of nitrogens with one attached hydrogen (secondary N) is 1. The van der Waals surface area contributed by atoms with E-state index in [2.05, 4.69) is 15.9 Å². The van der Waals surface area contributed by atoms with Gasteiger partial charge < -0.3 is 10.3 Å². The summed E-state index contributed by atoms with van der Waals surface area (Å²) in [7, 11) is -4.34. The number of nitrogens with two attached hydrogens (primary N) is 1. The molecule has 1 aromatic carbocycles. The molecule has 3 aromatic rings. The number of sulfonamides is 1. The van der Waals surface area contributed by atoms with Crippen molar-refractivity contribution in [1.82, 2.24) is 5.16 Å². The van der Waals surface area contributed by atoms with Gasteiger partial charge in [-0.05, 0) is 49.9 Å². The van der Waals surface area contributed by atoms with Crippen LogP contribution in [0.3, 0.4) is 0 Å². The zero-order valence-corrected chi connectivity index (χ0v) is 18.8. The van der Waals surface area contributed by atoms with Gasteiger partial charge in [0.1, 0.15) is 20.5 Å². The predicted octanol–water partition coefficient (Wildman–Crippen LogP) is 4.06. The number of nitrogens with zero attached hydrogens (tertiary/aromatic N) is 2. The standard InChI is InChI=1S/C19H17ClN4O4S2/c1-8-5-9(2)14(10(3)12(8)6-21)13-7-29-16(18(22)25)17(13)30(26,27)24-19-15(20)11(4)23-28-19/h5,7,24H,1-4H3,(H2,22,25). The first-order valence-corrected chi connectivity index (χ1v) is 11.3. The average molecular weight is 465 g/mol. The number of halogens is 1. The van der Waals surface area contributed by atoms with E-state index in [9.17, 15) is 18.5 Å². The summed E-state index contributed by atoms with van der Waals surface area (Å²) in [5, 5.41) is 14.7. The van der Waals surface area contributed by atoms with Crippen molar-refractivity contribution in [1.29, 1.82) is 5.26 Å². The maximum atomic E-state index is 13.3. The summed E-state index contributed by atoms with van der Waals surface area (Å²) in [6.45, 7) is 6.89. The number of benzene rings is 1. The summed E-state index contributed by atoms with van der Waals surface area (Å²) in [5.41, 5.74) is 9.13. The summed E-state index contributed by atoms with van der Waals surface area (Å²) in [6, 6.07) is 3.94. The van der Waals surface area contributed by atoms with Gasteiger partial charge >= 0.3 is 0 Å². The summed E-state index contributed by atoms with van der Waals surface area (Å²) in [6.07, 6.45) is 0. The topological polar surface area (TPSA) is 139 Å². The van der Waals surface area contributed by atoms with E-state index in [4.69, 9.17) is 21.9 Å². The van der Waals surface area contributed by atoms with Crippen LogP contribution in [0.1, 0.15) is 37.6 Å². The van der Waals surface area contributed by atoms with E-state index < -0.39 is 15.9 Å². The highest BCUT2D eigenvalue weighted by molar-refractivity contribution is 7.93. The maximum Gasteiger partial charge on any atom is 0.266 e. The molecule has 0 unspecified atom stereocenters. The van der Waals surface area contributed by atoms with E-state index in [1.807, 2.05) is 0 Å². The molecule has 0 aliphatic rings. The van der Waals surface area contributed by atoms with E-state index >= 15 is 0 Å². The monoisotopic (exact) mass is 464 g/mol. The molecule has 0 bridgehead atoms. The van der Waals surface area contributed by atoms with Crippen molar-refractivity contribution in [3.05, 3.63) is 49.3 Å². The number of aryl methyl sites for hydroxylation is 3. The third kappa shape index (κ3) is 3.56. The van der Waals surface area contributed by atoms with Crippen molar-refractivity contribution in [3.63, 3.8) is 0 Å². The molecule has 3 rings (SSSR count). The molecule has 0 saturated carbocycles. The third-order valence-corrected chi connectivity index (χ3v) is 7.59. The van der Waals surface area contributed by atoms with E-state index in [0.29, 0.717) is 22.4 Å². The van der Waals surface area contributed by atoms with Crippen molar-refractivity contribution in [2.75, 3.05) is 4.72 Å². The third-order valence-electron chi connectivity index (χ3n) is 4.61. The van der Waals surface area contributed by atoms with Gasteiger partial charge in [0.25, 0.3) is 21.8 Å². The second-order valence-electron chi connectivity index (χ2n) is 6.69. The molecule has 2 heterocycles. The Kier molecular flexibility index (Phi) is 5.64. The summed E-state index contributed by atoms with van der Waals surface area (Å²) in [4.78, 5) is 11.6. The number of nitriles is 1. The molecule has 0 radical (unpaired) electrons. The Labute approximate surface area is 182 Å². The summed E-state index contributed by atoms with van der Waals surface area (Å²) < 4.78 is 33.7. The first kappa shape index (κ1) is 21.8.